The van der Waals surface area contributed by atoms with Crippen LogP contribution >= 0.6 is 39.9 Å². The van der Waals surface area contributed by atoms with E-state index in [0.717, 1.165) is 16.1 Å². The van der Waals surface area contributed by atoms with Gasteiger partial charge in [-0.1, -0.05) is 18.2 Å². The Morgan fingerprint density at radius 2 is 1.96 bits per heavy atom. The molecule has 6 nitrogen and oxygen atoms in total. The summed E-state index contributed by atoms with van der Waals surface area (Å²) in [6.45, 7) is 1.24. The third-order valence-corrected chi connectivity index (χ3v) is 6.27. The molecule has 0 atom stereocenters. The van der Waals surface area contributed by atoms with Crippen LogP contribution < -0.4 is 5.32 Å². The fourth-order valence-electron chi connectivity index (χ4n) is 2.63. The molecule has 1 heterocycles. The van der Waals surface area contributed by atoms with Crippen molar-refractivity contribution in [3.05, 3.63) is 52.8 Å². The van der Waals surface area contributed by atoms with E-state index < -0.39 is 9.84 Å². The number of aryl methyl sites for hydroxylation is 1. The van der Waals surface area contributed by atoms with Crippen LogP contribution in [0.4, 0.5) is 0 Å². The van der Waals surface area contributed by atoms with Gasteiger partial charge in [-0.2, -0.15) is 0 Å². The molecule has 1 N–H and O–H groups in total. The Morgan fingerprint density at radius 3 is 2.52 bits per heavy atom. The van der Waals surface area contributed by atoms with Crippen LogP contribution in [-0.4, -0.2) is 50.2 Å². The number of benzene rings is 1. The molecule has 0 amide bonds. The van der Waals surface area contributed by atoms with Crippen LogP contribution in [0, 0.1) is 0 Å². The summed E-state index contributed by atoms with van der Waals surface area (Å²) in [6.07, 6.45) is 2.52. The molecule has 0 saturated heterocycles. The number of nitrogens with zero attached hydrogens (tertiary/aromatic N) is 3. The van der Waals surface area contributed by atoms with Gasteiger partial charge in [0, 0.05) is 44.1 Å². The molecule has 0 aliphatic carbocycles. The molecule has 1 aromatic carbocycles. The lowest BCUT2D eigenvalue weighted by Gasteiger charge is -2.22. The number of hydrogen-bond acceptors (Lipinski definition) is 3. The number of hydrogen-bond donors (Lipinski definition) is 1. The summed E-state index contributed by atoms with van der Waals surface area (Å²) in [5.74, 6) is 0.842. The smallest absolute Gasteiger partial charge is 0.193 e. The van der Waals surface area contributed by atoms with Crippen LogP contribution in [0.5, 0.6) is 0 Å². The maximum absolute atomic E-state index is 12.3. The van der Waals surface area contributed by atoms with Gasteiger partial charge in [0.25, 0.3) is 0 Å². The minimum atomic E-state index is -3.24. The molecule has 9 heteroatoms. The van der Waals surface area contributed by atoms with Crippen molar-refractivity contribution in [2.75, 3.05) is 26.4 Å². The van der Waals surface area contributed by atoms with Crippen LogP contribution in [0.25, 0.3) is 0 Å². The SMILES string of the molecule is CN=C(NCCCS(=O)(=O)c1ccccc1)N(C)Cc1cc(Br)cn1C.I. The van der Waals surface area contributed by atoms with Gasteiger partial charge in [0.15, 0.2) is 15.8 Å². The summed E-state index contributed by atoms with van der Waals surface area (Å²) in [4.78, 5) is 6.65. The zero-order valence-corrected chi connectivity index (χ0v) is 20.5. The fraction of sp³-hybridized carbons (Fsp3) is 0.389. The molecular formula is C18H26BrIN4O2S. The number of sulfone groups is 1. The lowest BCUT2D eigenvalue weighted by atomic mass is 10.4. The second-order valence-electron chi connectivity index (χ2n) is 6.08. The molecule has 27 heavy (non-hydrogen) atoms. The first-order chi connectivity index (χ1) is 12.3. The molecule has 0 bridgehead atoms. The summed E-state index contributed by atoms with van der Waals surface area (Å²) >= 11 is 3.47. The first kappa shape index (κ1) is 24.0. The van der Waals surface area contributed by atoms with Gasteiger partial charge in [-0.3, -0.25) is 4.99 Å². The predicted molar refractivity (Wildman–Crippen MR) is 124 cm³/mol. The quantitative estimate of drug-likeness (QED) is 0.241. The van der Waals surface area contributed by atoms with E-state index in [0.29, 0.717) is 24.4 Å². The third kappa shape index (κ3) is 7.11. The topological polar surface area (TPSA) is 66.7 Å². The van der Waals surface area contributed by atoms with Crippen molar-refractivity contribution in [1.29, 1.82) is 0 Å². The molecule has 0 aliphatic heterocycles. The number of aromatic nitrogens is 1. The number of nitrogens with one attached hydrogen (secondary N) is 1. The van der Waals surface area contributed by atoms with Crippen LogP contribution in [0.15, 0.2) is 57.0 Å². The van der Waals surface area contributed by atoms with Crippen LogP contribution in [0.2, 0.25) is 0 Å². The van der Waals surface area contributed by atoms with Crippen LogP contribution in [-0.2, 0) is 23.4 Å². The number of halogens is 2. The van der Waals surface area contributed by atoms with Gasteiger partial charge in [0.2, 0.25) is 0 Å². The molecular weight excluding hydrogens is 543 g/mol. The molecule has 0 saturated carbocycles. The number of rotatable bonds is 7. The zero-order valence-electron chi connectivity index (χ0n) is 15.7. The van der Waals surface area contributed by atoms with E-state index in [1.54, 1.807) is 31.3 Å². The van der Waals surface area contributed by atoms with Gasteiger partial charge >= 0.3 is 0 Å². The molecule has 2 aromatic rings. The van der Waals surface area contributed by atoms with Gasteiger partial charge < -0.3 is 14.8 Å². The number of aliphatic imine (C=N–C) groups is 1. The monoisotopic (exact) mass is 568 g/mol. The Hall–Kier alpha value is -1.07. The van der Waals surface area contributed by atoms with E-state index in [9.17, 15) is 8.42 Å². The first-order valence-corrected chi connectivity index (χ1v) is 10.8. The minimum absolute atomic E-state index is 0. The summed E-state index contributed by atoms with van der Waals surface area (Å²) in [7, 11) is 2.44. The Kier molecular flexibility index (Phi) is 9.82. The summed E-state index contributed by atoms with van der Waals surface area (Å²) in [5, 5.41) is 3.23. The molecule has 1 aromatic heterocycles. The van der Waals surface area contributed by atoms with E-state index in [1.807, 2.05) is 31.3 Å². The molecule has 0 fully saturated rings. The average molecular weight is 569 g/mol. The van der Waals surface area contributed by atoms with E-state index in [4.69, 9.17) is 0 Å². The van der Waals surface area contributed by atoms with Gasteiger partial charge in [-0.25, -0.2) is 8.42 Å². The van der Waals surface area contributed by atoms with Crippen molar-refractivity contribution in [1.82, 2.24) is 14.8 Å². The van der Waals surface area contributed by atoms with Crippen molar-refractivity contribution < 1.29 is 8.42 Å². The van der Waals surface area contributed by atoms with Gasteiger partial charge in [0.1, 0.15) is 0 Å². The van der Waals surface area contributed by atoms with Gasteiger partial charge in [0.05, 0.1) is 17.2 Å². The standard InChI is InChI=1S/C18H25BrN4O2S.HI/c1-20-18(23(3)14-16-12-15(19)13-22(16)2)21-10-7-11-26(24,25)17-8-5-4-6-9-17;/h4-6,8-9,12-13H,7,10-11,14H2,1-3H3,(H,20,21);1H. The first-order valence-electron chi connectivity index (χ1n) is 8.34. The van der Waals surface area contributed by atoms with Crippen molar-refractivity contribution >= 4 is 55.7 Å². The molecule has 150 valence electrons. The highest BCUT2D eigenvalue weighted by Gasteiger charge is 2.14. The van der Waals surface area contributed by atoms with Crippen molar-refractivity contribution in [3.8, 4) is 0 Å². The van der Waals surface area contributed by atoms with E-state index in [2.05, 4.69) is 36.9 Å². The summed E-state index contributed by atoms with van der Waals surface area (Å²) < 4.78 is 27.7. The highest BCUT2D eigenvalue weighted by molar-refractivity contribution is 14.0. The lowest BCUT2D eigenvalue weighted by Crippen LogP contribution is -2.39. The Balaban J connectivity index is 0.00000364. The molecule has 2 rings (SSSR count). The van der Waals surface area contributed by atoms with Crippen LogP contribution in [0.1, 0.15) is 12.1 Å². The molecule has 0 radical (unpaired) electrons. The second kappa shape index (κ2) is 11.1. The number of guanidine groups is 1. The highest BCUT2D eigenvalue weighted by Crippen LogP contribution is 2.15. The Bertz CT molecular complexity index is 854. The van der Waals surface area contributed by atoms with E-state index in [-0.39, 0.29) is 29.7 Å². The van der Waals surface area contributed by atoms with Crippen molar-refractivity contribution in [2.24, 2.45) is 12.0 Å². The minimum Gasteiger partial charge on any atom is -0.356 e. The second-order valence-corrected chi connectivity index (χ2v) is 9.10. The molecule has 0 spiro atoms. The van der Waals surface area contributed by atoms with Gasteiger partial charge in [-0.05, 0) is 40.5 Å². The highest BCUT2D eigenvalue weighted by atomic mass is 127. The fourth-order valence-corrected chi connectivity index (χ4v) is 4.54. The average Bonchev–Trinajstić information content (AvgIpc) is 2.92. The zero-order chi connectivity index (χ0) is 19.2. The van der Waals surface area contributed by atoms with Gasteiger partial charge in [-0.15, -0.1) is 24.0 Å². The third-order valence-electron chi connectivity index (χ3n) is 4.02. The summed E-state index contributed by atoms with van der Waals surface area (Å²) in [6, 6.07) is 10.6. The maximum atomic E-state index is 12.3. The van der Waals surface area contributed by atoms with E-state index in [1.165, 1.54) is 0 Å². The normalized spacial score (nSPS) is 11.8. The van der Waals surface area contributed by atoms with Crippen LogP contribution in [0.3, 0.4) is 0 Å². The summed E-state index contributed by atoms with van der Waals surface area (Å²) in [5.41, 5.74) is 1.15. The predicted octanol–water partition coefficient (Wildman–Crippen LogP) is 3.28. The maximum Gasteiger partial charge on any atom is 0.193 e. The largest absolute Gasteiger partial charge is 0.356 e. The van der Waals surface area contributed by atoms with E-state index >= 15 is 0 Å². The van der Waals surface area contributed by atoms with Crippen molar-refractivity contribution in [3.63, 3.8) is 0 Å². The Labute approximate surface area is 187 Å². The van der Waals surface area contributed by atoms with Crippen molar-refractivity contribution in [2.45, 2.75) is 17.9 Å². The lowest BCUT2D eigenvalue weighted by molar-refractivity contribution is 0.462. The molecule has 0 unspecified atom stereocenters. The Morgan fingerprint density at radius 1 is 1.30 bits per heavy atom. The molecule has 0 aliphatic rings.